The predicted molar refractivity (Wildman–Crippen MR) is 141 cm³/mol. The standard InChI is InChI=1S/C29H31N5O2/c1-19(28(35)32-18-25-15-24-17-30-13-12-26(24)34-25)33-29(36)27-16-23(11-14-31-27)22-9-7-21(8-10-22)20-5-3-2-4-6-20/h2-10,12-13,15,17,19,23,27,31,34H,11,14,16,18H2,1H3,(H,32,35)(H,33,36)/t19?,23-,27+/m0/s1. The summed E-state index contributed by atoms with van der Waals surface area (Å²) < 4.78 is 0. The van der Waals surface area contributed by atoms with Crippen LogP contribution in [0.4, 0.5) is 0 Å². The molecule has 1 aliphatic rings. The molecule has 1 aliphatic heterocycles. The van der Waals surface area contributed by atoms with Gasteiger partial charge in [-0.15, -0.1) is 0 Å². The number of benzene rings is 2. The second-order valence-electron chi connectivity index (χ2n) is 9.42. The maximum atomic E-state index is 13.0. The number of aromatic amines is 1. The highest BCUT2D eigenvalue weighted by molar-refractivity contribution is 5.89. The Bertz CT molecular complexity index is 1300. The van der Waals surface area contributed by atoms with E-state index in [2.05, 4.69) is 62.3 Å². The van der Waals surface area contributed by atoms with Gasteiger partial charge < -0.3 is 20.9 Å². The minimum atomic E-state index is -0.629. The van der Waals surface area contributed by atoms with Gasteiger partial charge in [0, 0.05) is 29.0 Å². The molecule has 1 saturated heterocycles. The molecule has 7 nitrogen and oxygen atoms in total. The largest absolute Gasteiger partial charge is 0.357 e. The van der Waals surface area contributed by atoms with E-state index < -0.39 is 6.04 Å². The number of rotatable bonds is 7. The fourth-order valence-electron chi connectivity index (χ4n) is 4.84. The SMILES string of the molecule is CC(NC(=O)[C@H]1C[C@@H](c2ccc(-c3ccccc3)cc2)CCN1)C(=O)NCc1cc2cnccc2[nH]1. The van der Waals surface area contributed by atoms with Crippen molar-refractivity contribution in [3.63, 3.8) is 0 Å². The van der Waals surface area contributed by atoms with Gasteiger partial charge in [-0.05, 0) is 61.1 Å². The fourth-order valence-corrected chi connectivity index (χ4v) is 4.84. The minimum absolute atomic E-state index is 0.139. The Hall–Kier alpha value is -3.97. The second-order valence-corrected chi connectivity index (χ2v) is 9.42. The van der Waals surface area contributed by atoms with E-state index in [4.69, 9.17) is 0 Å². The lowest BCUT2D eigenvalue weighted by Gasteiger charge is -2.30. The number of hydrogen-bond acceptors (Lipinski definition) is 4. The van der Waals surface area contributed by atoms with Crippen molar-refractivity contribution in [2.75, 3.05) is 6.54 Å². The summed E-state index contributed by atoms with van der Waals surface area (Å²) in [5.74, 6) is -0.0589. The summed E-state index contributed by atoms with van der Waals surface area (Å²) in [6, 6.07) is 21.9. The number of aromatic nitrogens is 2. The summed E-state index contributed by atoms with van der Waals surface area (Å²) in [6.45, 7) is 2.83. The molecule has 2 aromatic carbocycles. The van der Waals surface area contributed by atoms with Gasteiger partial charge in [0.1, 0.15) is 6.04 Å². The van der Waals surface area contributed by atoms with Crippen molar-refractivity contribution < 1.29 is 9.59 Å². The third-order valence-corrected chi connectivity index (χ3v) is 6.89. The highest BCUT2D eigenvalue weighted by atomic mass is 16.2. The van der Waals surface area contributed by atoms with E-state index in [0.717, 1.165) is 29.6 Å². The average molecular weight is 482 g/mol. The number of piperidine rings is 1. The zero-order chi connectivity index (χ0) is 24.9. The van der Waals surface area contributed by atoms with E-state index in [0.29, 0.717) is 18.9 Å². The Balaban J connectivity index is 1.13. The van der Waals surface area contributed by atoms with Gasteiger partial charge in [0.15, 0.2) is 0 Å². The normalized spacial score (nSPS) is 18.5. The van der Waals surface area contributed by atoms with Gasteiger partial charge in [0.05, 0.1) is 12.6 Å². The summed E-state index contributed by atoms with van der Waals surface area (Å²) in [5.41, 5.74) is 5.49. The number of carbonyl (C=O) groups excluding carboxylic acids is 2. The van der Waals surface area contributed by atoms with Gasteiger partial charge in [-0.25, -0.2) is 0 Å². The van der Waals surface area contributed by atoms with Crippen LogP contribution >= 0.6 is 0 Å². The minimum Gasteiger partial charge on any atom is -0.357 e. The molecule has 36 heavy (non-hydrogen) atoms. The molecule has 2 amide bonds. The Morgan fingerprint density at radius 1 is 1.06 bits per heavy atom. The molecular formula is C29H31N5O2. The number of amides is 2. The number of hydrogen-bond donors (Lipinski definition) is 4. The average Bonchev–Trinajstić information content (AvgIpc) is 3.35. The van der Waals surface area contributed by atoms with Gasteiger partial charge >= 0.3 is 0 Å². The molecule has 2 aromatic heterocycles. The molecule has 4 aromatic rings. The van der Waals surface area contributed by atoms with Gasteiger partial charge in [-0.1, -0.05) is 54.6 Å². The molecule has 0 saturated carbocycles. The third-order valence-electron chi connectivity index (χ3n) is 6.89. The van der Waals surface area contributed by atoms with Crippen molar-refractivity contribution in [2.24, 2.45) is 0 Å². The van der Waals surface area contributed by atoms with Crippen molar-refractivity contribution in [3.05, 3.63) is 90.4 Å². The predicted octanol–water partition coefficient (Wildman–Crippen LogP) is 3.89. The summed E-state index contributed by atoms with van der Waals surface area (Å²) in [6.07, 6.45) is 5.18. The Morgan fingerprint density at radius 3 is 2.61 bits per heavy atom. The number of H-pyrrole nitrogens is 1. The first kappa shape index (κ1) is 23.8. The van der Waals surface area contributed by atoms with Gasteiger partial charge in [-0.3, -0.25) is 14.6 Å². The molecule has 0 aliphatic carbocycles. The van der Waals surface area contributed by atoms with Gasteiger partial charge in [0.2, 0.25) is 11.8 Å². The molecule has 5 rings (SSSR count). The lowest BCUT2D eigenvalue weighted by atomic mass is 9.85. The number of pyridine rings is 1. The lowest BCUT2D eigenvalue weighted by Crippen LogP contribution is -2.53. The zero-order valence-electron chi connectivity index (χ0n) is 20.3. The first-order chi connectivity index (χ1) is 17.6. The van der Waals surface area contributed by atoms with E-state index in [1.54, 1.807) is 19.3 Å². The monoisotopic (exact) mass is 481 g/mol. The zero-order valence-corrected chi connectivity index (χ0v) is 20.3. The van der Waals surface area contributed by atoms with Crippen molar-refractivity contribution >= 4 is 22.7 Å². The van der Waals surface area contributed by atoms with Crippen LogP contribution in [-0.4, -0.2) is 40.4 Å². The van der Waals surface area contributed by atoms with Crippen LogP contribution in [0.5, 0.6) is 0 Å². The first-order valence-electron chi connectivity index (χ1n) is 12.5. The van der Waals surface area contributed by atoms with Crippen LogP contribution in [0.3, 0.4) is 0 Å². The summed E-state index contributed by atoms with van der Waals surface area (Å²) in [7, 11) is 0. The molecule has 1 unspecified atom stereocenters. The van der Waals surface area contributed by atoms with Crippen LogP contribution in [0.1, 0.15) is 36.9 Å². The first-order valence-corrected chi connectivity index (χ1v) is 12.5. The van der Waals surface area contributed by atoms with E-state index in [-0.39, 0.29) is 17.9 Å². The third kappa shape index (κ3) is 5.47. The number of nitrogens with one attached hydrogen (secondary N) is 4. The molecule has 3 atom stereocenters. The van der Waals surface area contributed by atoms with Crippen LogP contribution in [0.25, 0.3) is 22.0 Å². The molecule has 1 fully saturated rings. The number of nitrogens with zero attached hydrogens (tertiary/aromatic N) is 1. The lowest BCUT2D eigenvalue weighted by molar-refractivity contribution is -0.130. The van der Waals surface area contributed by atoms with Crippen LogP contribution < -0.4 is 16.0 Å². The van der Waals surface area contributed by atoms with Crippen molar-refractivity contribution in [2.45, 2.75) is 44.3 Å². The highest BCUT2D eigenvalue weighted by Gasteiger charge is 2.29. The fraction of sp³-hybridized carbons (Fsp3) is 0.276. The molecule has 184 valence electrons. The Labute approximate surface area is 210 Å². The number of carbonyl (C=O) groups is 2. The van der Waals surface area contributed by atoms with Crippen molar-refractivity contribution in [1.29, 1.82) is 0 Å². The molecule has 0 radical (unpaired) electrons. The number of fused-ring (bicyclic) bond motifs is 1. The highest BCUT2D eigenvalue weighted by Crippen LogP contribution is 2.30. The summed E-state index contributed by atoms with van der Waals surface area (Å²) >= 11 is 0. The van der Waals surface area contributed by atoms with E-state index >= 15 is 0 Å². The van der Waals surface area contributed by atoms with Crippen LogP contribution in [-0.2, 0) is 16.1 Å². The summed E-state index contributed by atoms with van der Waals surface area (Å²) in [5, 5.41) is 10.1. The van der Waals surface area contributed by atoms with E-state index in [1.807, 2.05) is 30.3 Å². The molecule has 0 bridgehead atoms. The molecule has 3 heterocycles. The molecule has 0 spiro atoms. The maximum absolute atomic E-state index is 13.0. The van der Waals surface area contributed by atoms with Crippen LogP contribution in [0.2, 0.25) is 0 Å². The molecule has 7 heteroatoms. The molecule has 4 N–H and O–H groups in total. The van der Waals surface area contributed by atoms with E-state index in [9.17, 15) is 9.59 Å². The van der Waals surface area contributed by atoms with E-state index in [1.165, 1.54) is 16.7 Å². The smallest absolute Gasteiger partial charge is 0.242 e. The van der Waals surface area contributed by atoms with Crippen molar-refractivity contribution in [1.82, 2.24) is 25.9 Å². The second kappa shape index (κ2) is 10.7. The van der Waals surface area contributed by atoms with Crippen LogP contribution in [0, 0.1) is 0 Å². The van der Waals surface area contributed by atoms with Crippen molar-refractivity contribution in [3.8, 4) is 11.1 Å². The topological polar surface area (TPSA) is 98.9 Å². The summed E-state index contributed by atoms with van der Waals surface area (Å²) in [4.78, 5) is 32.9. The Kier molecular flexibility index (Phi) is 7.09. The van der Waals surface area contributed by atoms with Gasteiger partial charge in [0.25, 0.3) is 0 Å². The quantitative estimate of drug-likeness (QED) is 0.322. The molecular weight excluding hydrogens is 450 g/mol. The Morgan fingerprint density at radius 2 is 1.83 bits per heavy atom. The van der Waals surface area contributed by atoms with Gasteiger partial charge in [-0.2, -0.15) is 0 Å². The van der Waals surface area contributed by atoms with Crippen LogP contribution in [0.15, 0.2) is 79.1 Å². The maximum Gasteiger partial charge on any atom is 0.242 e.